The van der Waals surface area contributed by atoms with Gasteiger partial charge in [0.15, 0.2) is 0 Å². The Kier molecular flexibility index (Phi) is 11.9. The maximum atomic E-state index is 13.1. The second-order valence-corrected chi connectivity index (χ2v) is 10.8. The highest BCUT2D eigenvalue weighted by Gasteiger charge is 2.29. The number of nitrogens with one attached hydrogen (secondary N) is 1. The molecule has 0 fully saturated rings. The van der Waals surface area contributed by atoms with Gasteiger partial charge in [0.2, 0.25) is 5.91 Å². The molecule has 0 aliphatic heterocycles. The molecule has 32 heavy (non-hydrogen) atoms. The molecule has 0 saturated carbocycles. The summed E-state index contributed by atoms with van der Waals surface area (Å²) < 4.78 is 34.3. The van der Waals surface area contributed by atoms with Gasteiger partial charge in [-0.25, -0.2) is 13.2 Å². The Labute approximate surface area is 192 Å². The summed E-state index contributed by atoms with van der Waals surface area (Å²) >= 11 is 0. The number of esters is 1. The van der Waals surface area contributed by atoms with Crippen molar-refractivity contribution in [2.24, 2.45) is 11.7 Å². The molecule has 0 saturated heterocycles. The van der Waals surface area contributed by atoms with E-state index < -0.39 is 40.0 Å². The van der Waals surface area contributed by atoms with E-state index in [0.717, 1.165) is 18.2 Å². The lowest BCUT2D eigenvalue weighted by molar-refractivity contribution is -0.152. The van der Waals surface area contributed by atoms with Crippen LogP contribution in [0.1, 0.15) is 46.1 Å². The number of ether oxygens (including phenoxy) is 2. The number of hydrogen-bond acceptors (Lipinski definition) is 7. The van der Waals surface area contributed by atoms with Gasteiger partial charge in [-0.3, -0.25) is 4.79 Å². The van der Waals surface area contributed by atoms with Crippen molar-refractivity contribution in [3.05, 3.63) is 35.9 Å². The lowest BCUT2D eigenvalue weighted by Crippen LogP contribution is -2.49. The third kappa shape index (κ3) is 11.1. The number of benzene rings is 1. The predicted molar refractivity (Wildman–Crippen MR) is 125 cm³/mol. The molecule has 0 aliphatic rings. The van der Waals surface area contributed by atoms with E-state index in [9.17, 15) is 18.0 Å². The molecule has 1 rings (SSSR count). The van der Waals surface area contributed by atoms with Crippen LogP contribution in [0.3, 0.4) is 0 Å². The van der Waals surface area contributed by atoms with E-state index in [4.69, 9.17) is 15.2 Å². The van der Waals surface area contributed by atoms with Crippen LogP contribution in [0.25, 0.3) is 0 Å². The Bertz CT molecular complexity index is 813. The zero-order chi connectivity index (χ0) is 24.3. The maximum absolute atomic E-state index is 13.1. The highest BCUT2D eigenvalue weighted by Crippen LogP contribution is 2.12. The van der Waals surface area contributed by atoms with Crippen LogP contribution in [-0.2, 0) is 35.3 Å². The summed E-state index contributed by atoms with van der Waals surface area (Å²) in [7, 11) is -3.33. The zero-order valence-corrected chi connectivity index (χ0v) is 20.6. The van der Waals surface area contributed by atoms with Crippen LogP contribution >= 0.6 is 0 Å². The minimum Gasteiger partial charge on any atom is -0.461 e. The second-order valence-electron chi connectivity index (χ2n) is 8.53. The van der Waals surface area contributed by atoms with Gasteiger partial charge in [-0.05, 0) is 31.7 Å². The fourth-order valence-electron chi connectivity index (χ4n) is 2.91. The lowest BCUT2D eigenvalue weighted by Gasteiger charge is -2.25. The first kappa shape index (κ1) is 28.1. The topological polar surface area (TPSA) is 125 Å². The highest BCUT2D eigenvalue weighted by atomic mass is 32.2. The molecule has 0 radical (unpaired) electrons. The fraction of sp³-hybridized carbons (Fsp3) is 0.652. The summed E-state index contributed by atoms with van der Waals surface area (Å²) in [6, 6.07) is 8.04. The van der Waals surface area contributed by atoms with Crippen molar-refractivity contribution in [3.8, 4) is 0 Å². The third-order valence-corrected chi connectivity index (χ3v) is 6.13. The van der Waals surface area contributed by atoms with E-state index in [1.807, 2.05) is 44.2 Å². The van der Waals surface area contributed by atoms with Gasteiger partial charge in [0.25, 0.3) is 0 Å². The average Bonchev–Trinajstić information content (AvgIpc) is 2.72. The average molecular weight is 471 g/mol. The van der Waals surface area contributed by atoms with Gasteiger partial charge in [-0.2, -0.15) is 0 Å². The number of carbonyl (C=O) groups is 2. The monoisotopic (exact) mass is 470 g/mol. The minimum absolute atomic E-state index is 0.0828. The van der Waals surface area contributed by atoms with Crippen LogP contribution in [0.2, 0.25) is 0 Å². The van der Waals surface area contributed by atoms with E-state index in [-0.39, 0.29) is 37.2 Å². The molecule has 1 aromatic rings. The Morgan fingerprint density at radius 1 is 1.12 bits per heavy atom. The van der Waals surface area contributed by atoms with Crippen molar-refractivity contribution in [2.75, 3.05) is 18.6 Å². The summed E-state index contributed by atoms with van der Waals surface area (Å²) in [5.74, 6) is -1.22. The first-order valence-corrected chi connectivity index (χ1v) is 13.1. The maximum Gasteiger partial charge on any atom is 0.328 e. The van der Waals surface area contributed by atoms with Crippen molar-refractivity contribution < 1.29 is 27.5 Å². The summed E-state index contributed by atoms with van der Waals surface area (Å²) in [5, 5.41) is 2.64. The van der Waals surface area contributed by atoms with Crippen LogP contribution in [0.5, 0.6) is 0 Å². The number of hydrogen-bond donors (Lipinski definition) is 2. The van der Waals surface area contributed by atoms with Crippen molar-refractivity contribution in [2.45, 2.75) is 71.2 Å². The molecule has 0 spiro atoms. The predicted octanol–water partition coefficient (Wildman–Crippen LogP) is 1.86. The summed E-state index contributed by atoms with van der Waals surface area (Å²) in [5.41, 5.74) is 7.06. The van der Waals surface area contributed by atoms with Gasteiger partial charge in [-0.15, -0.1) is 0 Å². The minimum atomic E-state index is -3.33. The molecule has 0 bridgehead atoms. The molecular weight excluding hydrogens is 432 g/mol. The van der Waals surface area contributed by atoms with E-state index >= 15 is 0 Å². The van der Waals surface area contributed by atoms with Gasteiger partial charge in [-0.1, -0.05) is 50.6 Å². The molecule has 0 aromatic heterocycles. The molecule has 182 valence electrons. The molecule has 4 unspecified atom stereocenters. The molecule has 1 amide bonds. The zero-order valence-electron chi connectivity index (χ0n) is 19.7. The summed E-state index contributed by atoms with van der Waals surface area (Å²) in [4.78, 5) is 25.6. The Morgan fingerprint density at radius 2 is 1.75 bits per heavy atom. The SMILES string of the molecule is CCC(C)C(N)COC(Cc1ccccc1)C(=O)NC(CCS(C)(=O)=O)C(=O)OC(C)C. The van der Waals surface area contributed by atoms with E-state index in [2.05, 4.69) is 5.32 Å². The molecule has 8 nitrogen and oxygen atoms in total. The Balaban J connectivity index is 2.99. The molecule has 3 N–H and O–H groups in total. The summed E-state index contributed by atoms with van der Waals surface area (Å²) in [6.07, 6.45) is 0.884. The standard InChI is InChI=1S/C23H38N2O6S/c1-6-17(4)19(24)15-30-21(14-18-10-8-7-9-11-18)22(26)25-20(12-13-32(5,28)29)23(27)31-16(2)3/h7-11,16-17,19-21H,6,12-15,24H2,1-5H3,(H,25,26). The first-order valence-electron chi connectivity index (χ1n) is 11.0. The second kappa shape index (κ2) is 13.5. The van der Waals surface area contributed by atoms with Gasteiger partial charge < -0.3 is 20.5 Å². The fourth-order valence-corrected chi connectivity index (χ4v) is 3.57. The molecule has 0 heterocycles. The van der Waals surface area contributed by atoms with Gasteiger partial charge in [0.1, 0.15) is 22.0 Å². The lowest BCUT2D eigenvalue weighted by atomic mass is 10.0. The van der Waals surface area contributed by atoms with E-state index in [0.29, 0.717) is 0 Å². The van der Waals surface area contributed by atoms with Gasteiger partial charge >= 0.3 is 5.97 Å². The highest BCUT2D eigenvalue weighted by molar-refractivity contribution is 7.90. The van der Waals surface area contributed by atoms with Gasteiger partial charge in [0, 0.05) is 18.7 Å². The quantitative estimate of drug-likeness (QED) is 0.398. The molecule has 1 aromatic carbocycles. The van der Waals surface area contributed by atoms with Crippen LogP contribution in [0.15, 0.2) is 30.3 Å². The smallest absolute Gasteiger partial charge is 0.328 e. The molecule has 0 aliphatic carbocycles. The Morgan fingerprint density at radius 3 is 2.28 bits per heavy atom. The van der Waals surface area contributed by atoms with Crippen molar-refractivity contribution in [3.63, 3.8) is 0 Å². The molecule has 4 atom stereocenters. The molecular formula is C23H38N2O6S. The number of nitrogens with two attached hydrogens (primary N) is 1. The normalized spacial score (nSPS) is 15.6. The number of carbonyl (C=O) groups excluding carboxylic acids is 2. The third-order valence-electron chi connectivity index (χ3n) is 5.15. The summed E-state index contributed by atoms with van der Waals surface area (Å²) in [6.45, 7) is 7.61. The van der Waals surface area contributed by atoms with E-state index in [1.165, 1.54) is 0 Å². The first-order chi connectivity index (χ1) is 14.9. The number of amides is 1. The van der Waals surface area contributed by atoms with Crippen LogP contribution in [0.4, 0.5) is 0 Å². The molecule has 9 heteroatoms. The van der Waals surface area contributed by atoms with Crippen LogP contribution < -0.4 is 11.1 Å². The van der Waals surface area contributed by atoms with Crippen molar-refractivity contribution >= 4 is 21.7 Å². The number of sulfone groups is 1. The van der Waals surface area contributed by atoms with Gasteiger partial charge in [0.05, 0.1) is 18.5 Å². The largest absolute Gasteiger partial charge is 0.461 e. The Hall–Kier alpha value is -1.97. The number of rotatable bonds is 14. The van der Waals surface area contributed by atoms with Crippen molar-refractivity contribution in [1.29, 1.82) is 0 Å². The van der Waals surface area contributed by atoms with E-state index in [1.54, 1.807) is 13.8 Å². The van der Waals surface area contributed by atoms with Crippen LogP contribution in [-0.4, -0.2) is 63.2 Å². The van der Waals surface area contributed by atoms with Crippen molar-refractivity contribution in [1.82, 2.24) is 5.32 Å². The van der Waals surface area contributed by atoms with Crippen LogP contribution in [0, 0.1) is 5.92 Å².